The zero-order valence-electron chi connectivity index (χ0n) is 15.1. The first-order chi connectivity index (χ1) is 14.6. The van der Waals surface area contributed by atoms with Crippen LogP contribution in [0, 0.1) is 10.1 Å². The van der Waals surface area contributed by atoms with Crippen LogP contribution in [0.2, 0.25) is 5.02 Å². The summed E-state index contributed by atoms with van der Waals surface area (Å²) in [5, 5.41) is 18.7. The summed E-state index contributed by atoms with van der Waals surface area (Å²) in [6, 6.07) is 8.64. The molecule has 158 valence electrons. The van der Waals surface area contributed by atoms with Crippen molar-refractivity contribution < 1.29 is 22.9 Å². The van der Waals surface area contributed by atoms with Crippen LogP contribution in [-0.4, -0.2) is 25.4 Å². The van der Waals surface area contributed by atoms with Gasteiger partial charge in [-0.2, -0.15) is 18.3 Å². The second-order valence-corrected chi connectivity index (χ2v) is 7.53. The number of benzene rings is 1. The fourth-order valence-electron chi connectivity index (χ4n) is 2.75. The number of halogens is 4. The molecule has 0 unspecified atom stereocenters. The van der Waals surface area contributed by atoms with E-state index in [4.69, 9.17) is 11.6 Å². The number of rotatable bonds is 4. The molecule has 0 aliphatic rings. The summed E-state index contributed by atoms with van der Waals surface area (Å²) >= 11 is 7.17. The van der Waals surface area contributed by atoms with E-state index in [1.807, 2.05) is 0 Å². The van der Waals surface area contributed by atoms with Crippen molar-refractivity contribution in [2.45, 2.75) is 6.18 Å². The number of hydrogen-bond donors (Lipinski definition) is 1. The fourth-order valence-corrected chi connectivity index (χ4v) is 3.60. The van der Waals surface area contributed by atoms with Crippen molar-refractivity contribution >= 4 is 45.9 Å². The Hall–Kier alpha value is -3.51. The molecule has 13 heteroatoms. The number of nitro groups is 1. The molecule has 0 bridgehead atoms. The number of aromatic nitrogens is 3. The van der Waals surface area contributed by atoms with E-state index in [9.17, 15) is 28.1 Å². The first kappa shape index (κ1) is 20.8. The molecule has 4 aromatic rings. The van der Waals surface area contributed by atoms with Crippen LogP contribution >= 0.6 is 22.9 Å². The lowest BCUT2D eigenvalue weighted by atomic mass is 10.2. The molecule has 0 fully saturated rings. The number of nitro benzene ring substituents is 1. The SMILES string of the molecule is O=C(Nc1cc([N+](=O)[O-])ccc1Cl)c1cc2nc(-c3cccs3)cc(C(F)(F)F)n2n1. The van der Waals surface area contributed by atoms with Crippen molar-refractivity contribution in [1.29, 1.82) is 0 Å². The molecule has 31 heavy (non-hydrogen) atoms. The largest absolute Gasteiger partial charge is 0.433 e. The predicted molar refractivity (Wildman–Crippen MR) is 107 cm³/mol. The van der Waals surface area contributed by atoms with Crippen molar-refractivity contribution in [2.24, 2.45) is 0 Å². The third-order valence-corrected chi connectivity index (χ3v) is 5.35. The number of carbonyl (C=O) groups is 1. The number of non-ortho nitro benzene ring substituents is 1. The second-order valence-electron chi connectivity index (χ2n) is 6.18. The third kappa shape index (κ3) is 4.07. The van der Waals surface area contributed by atoms with Gasteiger partial charge in [0.15, 0.2) is 17.0 Å². The Morgan fingerprint density at radius 2 is 2.00 bits per heavy atom. The van der Waals surface area contributed by atoms with Crippen molar-refractivity contribution in [3.63, 3.8) is 0 Å². The van der Waals surface area contributed by atoms with E-state index in [-0.39, 0.29) is 33.4 Å². The van der Waals surface area contributed by atoms with Crippen LogP contribution in [0.15, 0.2) is 47.8 Å². The molecular weight excluding hydrogens is 459 g/mol. The number of hydrogen-bond acceptors (Lipinski definition) is 6. The molecular formula is C18H9ClF3N5O3S. The van der Waals surface area contributed by atoms with E-state index in [1.54, 1.807) is 17.5 Å². The van der Waals surface area contributed by atoms with Crippen LogP contribution in [0.25, 0.3) is 16.2 Å². The highest BCUT2D eigenvalue weighted by Crippen LogP contribution is 2.33. The highest BCUT2D eigenvalue weighted by molar-refractivity contribution is 7.13. The van der Waals surface area contributed by atoms with Gasteiger partial charge in [-0.25, -0.2) is 9.50 Å². The van der Waals surface area contributed by atoms with Crippen LogP contribution in [0.3, 0.4) is 0 Å². The standard InChI is InChI=1S/C18H9ClF3N5O3S/c19-10-4-3-9(27(29)30)6-11(10)24-17(28)13-8-16-23-12(14-2-1-5-31-14)7-15(18(20,21)22)26(16)25-13/h1-8H,(H,24,28). The molecule has 0 aliphatic carbocycles. The Bertz CT molecular complexity index is 1320. The highest BCUT2D eigenvalue weighted by atomic mass is 35.5. The van der Waals surface area contributed by atoms with Gasteiger partial charge in [0.2, 0.25) is 0 Å². The molecule has 1 aromatic carbocycles. The number of nitrogens with one attached hydrogen (secondary N) is 1. The zero-order chi connectivity index (χ0) is 22.3. The van der Waals surface area contributed by atoms with Crippen LogP contribution in [0.4, 0.5) is 24.5 Å². The average molecular weight is 468 g/mol. The number of fused-ring (bicyclic) bond motifs is 1. The van der Waals surface area contributed by atoms with E-state index < -0.39 is 22.7 Å². The van der Waals surface area contributed by atoms with Gasteiger partial charge in [0.05, 0.1) is 26.2 Å². The Balaban J connectivity index is 1.76. The van der Waals surface area contributed by atoms with E-state index in [0.29, 0.717) is 9.39 Å². The molecule has 3 aromatic heterocycles. The predicted octanol–water partition coefficient (Wildman–Crippen LogP) is 5.29. The van der Waals surface area contributed by atoms with Gasteiger partial charge in [0.25, 0.3) is 11.6 Å². The van der Waals surface area contributed by atoms with Crippen LogP contribution in [0.1, 0.15) is 16.2 Å². The minimum absolute atomic E-state index is 0.0109. The Morgan fingerprint density at radius 3 is 2.65 bits per heavy atom. The number of thiophene rings is 1. The second kappa shape index (κ2) is 7.63. The zero-order valence-corrected chi connectivity index (χ0v) is 16.6. The maximum atomic E-state index is 13.6. The van der Waals surface area contributed by atoms with Crippen molar-refractivity contribution in [3.8, 4) is 10.6 Å². The van der Waals surface area contributed by atoms with Gasteiger partial charge in [-0.1, -0.05) is 17.7 Å². The summed E-state index contributed by atoms with van der Waals surface area (Å²) in [6.07, 6.45) is -4.75. The van der Waals surface area contributed by atoms with Crippen LogP contribution < -0.4 is 5.32 Å². The first-order valence-corrected chi connectivity index (χ1v) is 9.66. The summed E-state index contributed by atoms with van der Waals surface area (Å²) < 4.78 is 41.3. The molecule has 0 radical (unpaired) electrons. The molecule has 4 rings (SSSR count). The molecule has 8 nitrogen and oxygen atoms in total. The van der Waals surface area contributed by atoms with Gasteiger partial charge in [-0.05, 0) is 23.6 Å². The summed E-state index contributed by atoms with van der Waals surface area (Å²) in [5.41, 5.74) is -1.98. The molecule has 0 spiro atoms. The van der Waals surface area contributed by atoms with E-state index in [0.717, 1.165) is 24.3 Å². The van der Waals surface area contributed by atoms with Gasteiger partial charge < -0.3 is 5.32 Å². The Labute approximate surface area is 180 Å². The summed E-state index contributed by atoms with van der Waals surface area (Å²) in [5.74, 6) is -0.904. The minimum Gasteiger partial charge on any atom is -0.319 e. The topological polar surface area (TPSA) is 102 Å². The van der Waals surface area contributed by atoms with Gasteiger partial charge >= 0.3 is 6.18 Å². The molecule has 0 aliphatic heterocycles. The quantitative estimate of drug-likeness (QED) is 0.324. The van der Waals surface area contributed by atoms with Gasteiger partial charge in [-0.3, -0.25) is 14.9 Å². The summed E-state index contributed by atoms with van der Waals surface area (Å²) in [6.45, 7) is 0. The van der Waals surface area contributed by atoms with E-state index >= 15 is 0 Å². The molecule has 1 amide bonds. The van der Waals surface area contributed by atoms with Gasteiger partial charge in [0.1, 0.15) is 0 Å². The third-order valence-electron chi connectivity index (χ3n) is 4.13. The normalized spacial score (nSPS) is 11.6. The van der Waals surface area contributed by atoms with Crippen molar-refractivity contribution in [2.75, 3.05) is 5.32 Å². The number of nitrogens with zero attached hydrogens (tertiary/aromatic N) is 4. The summed E-state index contributed by atoms with van der Waals surface area (Å²) in [7, 11) is 0. The molecule has 0 saturated heterocycles. The molecule has 1 N–H and O–H groups in total. The van der Waals surface area contributed by atoms with Crippen molar-refractivity contribution in [1.82, 2.24) is 14.6 Å². The van der Waals surface area contributed by atoms with Gasteiger partial charge in [-0.15, -0.1) is 11.3 Å². The number of anilines is 1. The Kier molecular flexibility index (Phi) is 5.11. The number of amides is 1. The minimum atomic E-state index is -4.75. The molecule has 3 heterocycles. The van der Waals surface area contributed by atoms with Crippen LogP contribution in [-0.2, 0) is 6.18 Å². The summed E-state index contributed by atoms with van der Waals surface area (Å²) in [4.78, 5) is 27.5. The molecule has 0 atom stereocenters. The maximum Gasteiger partial charge on any atom is 0.433 e. The van der Waals surface area contributed by atoms with Crippen molar-refractivity contribution in [3.05, 3.63) is 74.4 Å². The monoisotopic (exact) mass is 467 g/mol. The highest BCUT2D eigenvalue weighted by Gasteiger charge is 2.35. The van der Waals surface area contributed by atoms with E-state index in [2.05, 4.69) is 15.4 Å². The maximum absolute atomic E-state index is 13.6. The molecule has 0 saturated carbocycles. The lowest BCUT2D eigenvalue weighted by molar-refractivity contribution is -0.384. The fraction of sp³-hybridized carbons (Fsp3) is 0.0556. The lowest BCUT2D eigenvalue weighted by Gasteiger charge is -2.10. The van der Waals surface area contributed by atoms with Crippen LogP contribution in [0.5, 0.6) is 0 Å². The number of alkyl halides is 3. The van der Waals surface area contributed by atoms with E-state index in [1.165, 1.54) is 17.4 Å². The lowest BCUT2D eigenvalue weighted by Crippen LogP contribution is -2.16. The average Bonchev–Trinajstić information content (AvgIpc) is 3.37. The smallest absolute Gasteiger partial charge is 0.319 e. The van der Waals surface area contributed by atoms with Gasteiger partial charge in [0, 0.05) is 18.2 Å². The Morgan fingerprint density at radius 1 is 1.23 bits per heavy atom. The number of carbonyl (C=O) groups excluding carboxylic acids is 1. The first-order valence-electron chi connectivity index (χ1n) is 8.40.